The first-order valence-electron chi connectivity index (χ1n) is 17.6. The van der Waals surface area contributed by atoms with Gasteiger partial charge in [0.05, 0.1) is 17.9 Å². The zero-order valence-corrected chi connectivity index (χ0v) is 37.3. The molecule has 0 radical (unpaired) electrons. The molecule has 290 valence electrons. The van der Waals surface area contributed by atoms with Crippen LogP contribution >= 0.6 is 63.7 Å². The molecule has 0 fully saturated rings. The zero-order chi connectivity index (χ0) is 39.7. The lowest BCUT2D eigenvalue weighted by Crippen LogP contribution is -2.12. The minimum Gasteiger partial charge on any atom is -0.487 e. The van der Waals surface area contributed by atoms with E-state index in [9.17, 15) is 9.59 Å². The summed E-state index contributed by atoms with van der Waals surface area (Å²) in [4.78, 5) is 21.5. The monoisotopic (exact) mass is 992 g/mol. The average molecular weight is 996 g/mol. The third kappa shape index (κ3) is 17.0. The highest BCUT2D eigenvalue weighted by atomic mass is 79.9. The average Bonchev–Trinajstić information content (AvgIpc) is 3.09. The molecule has 0 atom stereocenters. The topological polar surface area (TPSA) is 117 Å². The summed E-state index contributed by atoms with van der Waals surface area (Å²) in [6.07, 6.45) is 6.34. The van der Waals surface area contributed by atoms with Crippen LogP contribution in [-0.4, -0.2) is 35.2 Å². The number of allylic oxidation sites excluding steroid dienone is 1. The second-order valence-electron chi connectivity index (χ2n) is 13.7. The van der Waals surface area contributed by atoms with Crippen LogP contribution in [-0.2, 0) is 35.6 Å². The van der Waals surface area contributed by atoms with Crippen molar-refractivity contribution in [3.63, 3.8) is 0 Å². The maximum atomic E-state index is 10.8. The minimum absolute atomic E-state index is 0.103. The van der Waals surface area contributed by atoms with Crippen LogP contribution in [0.1, 0.15) is 69.2 Å². The van der Waals surface area contributed by atoms with Crippen LogP contribution in [0.15, 0.2) is 103 Å². The quantitative estimate of drug-likeness (QED) is 0.0729. The zero-order valence-electron chi connectivity index (χ0n) is 31.0. The van der Waals surface area contributed by atoms with Gasteiger partial charge in [-0.15, -0.1) is 0 Å². The van der Waals surface area contributed by atoms with Crippen LogP contribution in [0.2, 0.25) is 0 Å². The van der Waals surface area contributed by atoms with Crippen molar-refractivity contribution in [3.05, 3.63) is 125 Å². The number of ether oxygens (including phenoxy) is 2. The normalized spacial score (nSPS) is 11.1. The number of aryl methyl sites for hydroxylation is 2. The fraction of sp³-hybridized carbons (Fsp3) is 0.333. The Morgan fingerprint density at radius 3 is 1.48 bits per heavy atom. The number of rotatable bonds is 18. The van der Waals surface area contributed by atoms with E-state index < -0.39 is 11.9 Å². The SMILES string of the molecule is CC(C)(C)CCNc1cccc(COc2c(Br)cc(CCC(=O)O)cc2Br)c1.CC=CCNc1cccc(COc2c(Br)cc(CCC(=O)O)cc2Br)c1. The number of hydrogen-bond donors (Lipinski definition) is 4. The molecular formula is C42H48Br4N2O6. The lowest BCUT2D eigenvalue weighted by molar-refractivity contribution is -0.138. The van der Waals surface area contributed by atoms with Crippen LogP contribution < -0.4 is 20.1 Å². The smallest absolute Gasteiger partial charge is 0.303 e. The molecule has 0 aromatic heterocycles. The predicted octanol–water partition coefficient (Wildman–Crippen LogP) is 12.5. The second kappa shape index (κ2) is 22.9. The lowest BCUT2D eigenvalue weighted by Gasteiger charge is -2.19. The molecule has 0 amide bonds. The van der Waals surface area contributed by atoms with Crippen molar-refractivity contribution in [1.29, 1.82) is 0 Å². The third-order valence-electron chi connectivity index (χ3n) is 7.86. The van der Waals surface area contributed by atoms with Gasteiger partial charge in [0.2, 0.25) is 0 Å². The molecular weight excluding hydrogens is 948 g/mol. The Labute approximate surface area is 352 Å². The summed E-state index contributed by atoms with van der Waals surface area (Å²) >= 11 is 14.1. The van der Waals surface area contributed by atoms with Crippen molar-refractivity contribution >= 4 is 87.0 Å². The molecule has 4 aromatic carbocycles. The first-order valence-corrected chi connectivity index (χ1v) is 20.7. The third-order valence-corrected chi connectivity index (χ3v) is 10.2. The summed E-state index contributed by atoms with van der Waals surface area (Å²) in [5.41, 5.74) is 6.47. The lowest BCUT2D eigenvalue weighted by atomic mass is 9.92. The Balaban J connectivity index is 0.000000291. The van der Waals surface area contributed by atoms with Gasteiger partial charge in [-0.05, 0) is 166 Å². The summed E-state index contributed by atoms with van der Waals surface area (Å²) in [6, 6.07) is 24.0. The molecule has 0 aliphatic heterocycles. The van der Waals surface area contributed by atoms with Gasteiger partial charge in [-0.1, -0.05) is 57.2 Å². The van der Waals surface area contributed by atoms with E-state index in [4.69, 9.17) is 19.7 Å². The number of hydrogen-bond acceptors (Lipinski definition) is 6. The Morgan fingerprint density at radius 1 is 0.667 bits per heavy atom. The van der Waals surface area contributed by atoms with Crippen LogP contribution in [0.5, 0.6) is 11.5 Å². The molecule has 4 aromatic rings. The van der Waals surface area contributed by atoms with Crippen molar-refractivity contribution in [2.45, 2.75) is 73.0 Å². The number of aliphatic carboxylic acids is 2. The first-order chi connectivity index (χ1) is 25.6. The molecule has 4 rings (SSSR count). The van der Waals surface area contributed by atoms with E-state index in [-0.39, 0.29) is 12.8 Å². The van der Waals surface area contributed by atoms with Crippen LogP contribution in [0, 0.1) is 5.41 Å². The molecule has 54 heavy (non-hydrogen) atoms. The van der Waals surface area contributed by atoms with Crippen molar-refractivity contribution in [2.24, 2.45) is 5.41 Å². The summed E-state index contributed by atoms with van der Waals surface area (Å²) in [7, 11) is 0. The summed E-state index contributed by atoms with van der Waals surface area (Å²) in [6.45, 7) is 11.3. The molecule has 0 saturated heterocycles. The molecule has 4 N–H and O–H groups in total. The fourth-order valence-electron chi connectivity index (χ4n) is 5.02. The van der Waals surface area contributed by atoms with Crippen molar-refractivity contribution < 1.29 is 29.3 Å². The van der Waals surface area contributed by atoms with Crippen molar-refractivity contribution in [1.82, 2.24) is 0 Å². The highest BCUT2D eigenvalue weighted by molar-refractivity contribution is 9.11. The van der Waals surface area contributed by atoms with Crippen LogP contribution in [0.3, 0.4) is 0 Å². The van der Waals surface area contributed by atoms with E-state index in [0.29, 0.717) is 43.0 Å². The number of anilines is 2. The summed E-state index contributed by atoms with van der Waals surface area (Å²) < 4.78 is 15.2. The number of carboxylic acid groups (broad SMARTS) is 2. The Hall–Kier alpha value is -3.32. The van der Waals surface area contributed by atoms with Gasteiger partial charge in [-0.25, -0.2) is 0 Å². The van der Waals surface area contributed by atoms with E-state index in [1.807, 2.05) is 67.6 Å². The predicted molar refractivity (Wildman–Crippen MR) is 233 cm³/mol. The van der Waals surface area contributed by atoms with Gasteiger partial charge in [0, 0.05) is 37.3 Å². The van der Waals surface area contributed by atoms with Gasteiger partial charge in [0.1, 0.15) is 24.7 Å². The number of carboxylic acids is 2. The summed E-state index contributed by atoms with van der Waals surface area (Å²) in [5, 5.41) is 24.5. The number of nitrogens with one attached hydrogen (secondary N) is 2. The van der Waals surface area contributed by atoms with Gasteiger partial charge in [-0.3, -0.25) is 9.59 Å². The number of carbonyl (C=O) groups is 2. The van der Waals surface area contributed by atoms with Crippen molar-refractivity contribution in [3.8, 4) is 11.5 Å². The molecule has 12 heteroatoms. The highest BCUT2D eigenvalue weighted by Gasteiger charge is 2.13. The van der Waals surface area contributed by atoms with E-state index in [1.54, 1.807) is 0 Å². The molecule has 0 aliphatic rings. The van der Waals surface area contributed by atoms with Gasteiger partial charge in [-0.2, -0.15) is 0 Å². The Kier molecular flexibility index (Phi) is 19.1. The fourth-order valence-corrected chi connectivity index (χ4v) is 8.04. The number of benzene rings is 4. The van der Waals surface area contributed by atoms with E-state index >= 15 is 0 Å². The minimum atomic E-state index is -0.805. The van der Waals surface area contributed by atoms with Gasteiger partial charge >= 0.3 is 11.9 Å². The first kappa shape index (κ1) is 45.1. The van der Waals surface area contributed by atoms with Crippen LogP contribution in [0.4, 0.5) is 11.4 Å². The maximum Gasteiger partial charge on any atom is 0.303 e. The standard InChI is InChI=1S/C22H27Br2NO3.C20H21Br2NO3/c1-22(2,3)9-10-25-17-6-4-5-16(11-17)14-28-21-18(23)12-15(13-19(21)24)7-8-20(26)27;1-2-3-9-23-16-6-4-5-15(10-16)13-26-20-17(21)11-14(12-18(20)22)7-8-19(24)25/h4-6,11-13,25H,7-10,14H2,1-3H3,(H,26,27);2-6,10-12,23H,7-9,13H2,1H3,(H,24,25). The van der Waals surface area contributed by atoms with Gasteiger partial charge < -0.3 is 30.3 Å². The maximum absolute atomic E-state index is 10.8. The molecule has 0 unspecified atom stereocenters. The van der Waals surface area contributed by atoms with E-state index in [0.717, 1.165) is 71.0 Å². The van der Waals surface area contributed by atoms with E-state index in [1.165, 1.54) is 0 Å². The van der Waals surface area contributed by atoms with E-state index in [2.05, 4.69) is 119 Å². The molecule has 0 heterocycles. The van der Waals surface area contributed by atoms with Crippen LogP contribution in [0.25, 0.3) is 0 Å². The Bertz CT molecular complexity index is 1830. The molecule has 0 saturated carbocycles. The Morgan fingerprint density at radius 2 is 1.09 bits per heavy atom. The summed E-state index contributed by atoms with van der Waals surface area (Å²) in [5.74, 6) is -0.189. The largest absolute Gasteiger partial charge is 0.487 e. The van der Waals surface area contributed by atoms with Crippen molar-refractivity contribution in [2.75, 3.05) is 23.7 Å². The molecule has 0 bridgehead atoms. The second-order valence-corrected chi connectivity index (χ2v) is 17.1. The molecule has 8 nitrogen and oxygen atoms in total. The van der Waals surface area contributed by atoms with Gasteiger partial charge in [0.15, 0.2) is 0 Å². The number of halogens is 4. The highest BCUT2D eigenvalue weighted by Crippen LogP contribution is 2.37. The molecule has 0 spiro atoms. The molecule has 0 aliphatic carbocycles. The van der Waals surface area contributed by atoms with Gasteiger partial charge in [0.25, 0.3) is 0 Å².